The lowest BCUT2D eigenvalue weighted by atomic mass is 9.97. The largest absolute Gasteiger partial charge is 0.444 e. The molecule has 0 unspecified atom stereocenters. The molecule has 0 aliphatic carbocycles. The van der Waals surface area contributed by atoms with Gasteiger partial charge in [0.05, 0.1) is 0 Å². The van der Waals surface area contributed by atoms with Gasteiger partial charge >= 0.3 is 6.09 Å². The normalized spacial score (nSPS) is 18.8. The van der Waals surface area contributed by atoms with E-state index in [4.69, 9.17) is 16.3 Å². The molecule has 1 atom stereocenters. The Morgan fingerprint density at radius 1 is 1.46 bits per heavy atom. The number of nitrogens with zero attached hydrogens (tertiary/aromatic N) is 3. The van der Waals surface area contributed by atoms with Crippen molar-refractivity contribution in [2.24, 2.45) is 5.92 Å². The summed E-state index contributed by atoms with van der Waals surface area (Å²) in [7, 11) is 2.10. The van der Waals surface area contributed by atoms with Crippen LogP contribution < -0.4 is 0 Å². The molecule has 2 heterocycles. The van der Waals surface area contributed by atoms with E-state index < -0.39 is 5.60 Å². The molecule has 0 radical (unpaired) electrons. The third kappa shape index (κ3) is 6.29. The van der Waals surface area contributed by atoms with E-state index in [-0.39, 0.29) is 6.09 Å². The highest BCUT2D eigenvalue weighted by molar-refractivity contribution is 6.29. The number of halogens is 1. The van der Waals surface area contributed by atoms with Crippen LogP contribution in [-0.4, -0.2) is 53.2 Å². The minimum atomic E-state index is -0.442. The third-order valence-electron chi connectivity index (χ3n) is 3.98. The Morgan fingerprint density at radius 2 is 2.21 bits per heavy atom. The van der Waals surface area contributed by atoms with Gasteiger partial charge in [-0.05, 0) is 58.2 Å². The maximum atomic E-state index is 12.2. The molecule has 1 saturated heterocycles. The summed E-state index contributed by atoms with van der Waals surface area (Å²) < 4.78 is 5.49. The summed E-state index contributed by atoms with van der Waals surface area (Å²) in [5.41, 5.74) is 0.698. The van der Waals surface area contributed by atoms with Crippen LogP contribution in [0.25, 0.3) is 0 Å². The highest BCUT2D eigenvalue weighted by Gasteiger charge is 2.28. The van der Waals surface area contributed by atoms with Gasteiger partial charge in [0.25, 0.3) is 0 Å². The maximum absolute atomic E-state index is 12.2. The van der Waals surface area contributed by atoms with Gasteiger partial charge in [0.1, 0.15) is 10.8 Å². The standard InChI is InChI=1S/C18H28ClN3O2/c1-18(2,3)24-17(23)22-9-5-6-15(13-22)12-21(4)11-14-7-8-16(19)20-10-14/h7-8,10,15H,5-6,9,11-13H2,1-4H3/t15-/m0/s1. The summed E-state index contributed by atoms with van der Waals surface area (Å²) in [6.07, 6.45) is 3.78. The first-order chi connectivity index (χ1) is 11.2. The van der Waals surface area contributed by atoms with Gasteiger partial charge in [-0.15, -0.1) is 0 Å². The van der Waals surface area contributed by atoms with Gasteiger partial charge in [-0.3, -0.25) is 0 Å². The monoisotopic (exact) mass is 353 g/mol. The van der Waals surface area contributed by atoms with Crippen molar-refractivity contribution in [2.45, 2.75) is 45.8 Å². The Bertz CT molecular complexity index is 542. The molecule has 24 heavy (non-hydrogen) atoms. The Labute approximate surface area is 149 Å². The highest BCUT2D eigenvalue weighted by Crippen LogP contribution is 2.20. The molecule has 0 N–H and O–H groups in total. The summed E-state index contributed by atoms with van der Waals surface area (Å²) in [4.78, 5) is 20.5. The van der Waals surface area contributed by atoms with Crippen molar-refractivity contribution >= 4 is 17.7 Å². The van der Waals surface area contributed by atoms with Crippen LogP contribution in [0.1, 0.15) is 39.2 Å². The molecule has 1 aliphatic heterocycles. The molecule has 0 bridgehead atoms. The molecule has 1 amide bonds. The van der Waals surface area contributed by atoms with Gasteiger partial charge in [-0.2, -0.15) is 0 Å². The summed E-state index contributed by atoms with van der Waals surface area (Å²) in [5, 5.41) is 0.515. The predicted molar refractivity (Wildman–Crippen MR) is 96.1 cm³/mol. The number of amides is 1. The molecule has 1 aliphatic rings. The van der Waals surface area contributed by atoms with Crippen molar-refractivity contribution in [3.05, 3.63) is 29.0 Å². The first-order valence-electron chi connectivity index (χ1n) is 8.50. The zero-order valence-electron chi connectivity index (χ0n) is 15.1. The number of aromatic nitrogens is 1. The smallest absolute Gasteiger partial charge is 0.410 e. The van der Waals surface area contributed by atoms with Crippen LogP contribution in [0.3, 0.4) is 0 Å². The van der Waals surface area contributed by atoms with Crippen LogP contribution in [0.2, 0.25) is 5.15 Å². The Hall–Kier alpha value is -1.33. The molecular formula is C18H28ClN3O2. The van der Waals surface area contributed by atoms with Crippen LogP contribution in [-0.2, 0) is 11.3 Å². The van der Waals surface area contributed by atoms with Gasteiger partial charge in [0.15, 0.2) is 0 Å². The molecule has 134 valence electrons. The van der Waals surface area contributed by atoms with E-state index in [1.165, 1.54) is 0 Å². The average Bonchev–Trinajstić information content (AvgIpc) is 2.48. The number of hydrogen-bond donors (Lipinski definition) is 0. The van der Waals surface area contributed by atoms with Crippen molar-refractivity contribution < 1.29 is 9.53 Å². The fraction of sp³-hybridized carbons (Fsp3) is 0.667. The van der Waals surface area contributed by atoms with E-state index in [0.29, 0.717) is 11.1 Å². The predicted octanol–water partition coefficient (Wildman–Crippen LogP) is 3.81. The first-order valence-corrected chi connectivity index (χ1v) is 8.87. The van der Waals surface area contributed by atoms with Crippen molar-refractivity contribution in [1.29, 1.82) is 0 Å². The number of hydrogen-bond acceptors (Lipinski definition) is 4. The Kier molecular flexibility index (Phi) is 6.47. The minimum absolute atomic E-state index is 0.197. The SMILES string of the molecule is CN(Cc1ccc(Cl)nc1)C[C@@H]1CCCN(C(=O)OC(C)(C)C)C1. The van der Waals surface area contributed by atoms with Crippen LogP contribution in [0.15, 0.2) is 18.3 Å². The van der Waals surface area contributed by atoms with Gasteiger partial charge in [0, 0.05) is 32.4 Å². The lowest BCUT2D eigenvalue weighted by molar-refractivity contribution is 0.0148. The molecule has 1 aromatic heterocycles. The highest BCUT2D eigenvalue weighted by atomic mass is 35.5. The molecule has 0 spiro atoms. The zero-order valence-corrected chi connectivity index (χ0v) is 15.8. The number of pyridine rings is 1. The molecular weight excluding hydrogens is 326 g/mol. The lowest BCUT2D eigenvalue weighted by Crippen LogP contribution is -2.45. The second-order valence-electron chi connectivity index (χ2n) is 7.62. The molecule has 1 aromatic rings. The third-order valence-corrected chi connectivity index (χ3v) is 4.21. The minimum Gasteiger partial charge on any atom is -0.444 e. The molecule has 2 rings (SSSR count). The van der Waals surface area contributed by atoms with Gasteiger partial charge in [-0.1, -0.05) is 17.7 Å². The van der Waals surface area contributed by atoms with Crippen molar-refractivity contribution in [2.75, 3.05) is 26.7 Å². The van der Waals surface area contributed by atoms with E-state index in [1.807, 2.05) is 44.0 Å². The van der Waals surface area contributed by atoms with Crippen molar-refractivity contribution in [1.82, 2.24) is 14.8 Å². The lowest BCUT2D eigenvalue weighted by Gasteiger charge is -2.35. The van der Waals surface area contributed by atoms with Crippen LogP contribution in [0.4, 0.5) is 4.79 Å². The van der Waals surface area contributed by atoms with Crippen molar-refractivity contribution in [3.63, 3.8) is 0 Å². The fourth-order valence-electron chi connectivity index (χ4n) is 3.02. The van der Waals surface area contributed by atoms with E-state index in [9.17, 15) is 4.79 Å². The van der Waals surface area contributed by atoms with Crippen molar-refractivity contribution in [3.8, 4) is 0 Å². The number of rotatable bonds is 4. The van der Waals surface area contributed by atoms with Crippen LogP contribution >= 0.6 is 11.6 Å². The van der Waals surface area contributed by atoms with Crippen LogP contribution in [0.5, 0.6) is 0 Å². The van der Waals surface area contributed by atoms with E-state index in [2.05, 4.69) is 16.9 Å². The summed E-state index contributed by atoms with van der Waals surface area (Å²) in [6.45, 7) is 9.03. The molecule has 6 heteroatoms. The topological polar surface area (TPSA) is 45.7 Å². The fourth-order valence-corrected chi connectivity index (χ4v) is 3.14. The number of piperidine rings is 1. The number of ether oxygens (including phenoxy) is 1. The van der Waals surface area contributed by atoms with Gasteiger partial charge in [-0.25, -0.2) is 9.78 Å². The molecule has 1 fully saturated rings. The molecule has 0 aromatic carbocycles. The Balaban J connectivity index is 1.83. The van der Waals surface area contributed by atoms with Crippen LogP contribution in [0, 0.1) is 5.92 Å². The summed E-state index contributed by atoms with van der Waals surface area (Å²) in [5.74, 6) is 0.469. The zero-order chi connectivity index (χ0) is 17.7. The number of carbonyl (C=O) groups is 1. The van der Waals surface area contributed by atoms with E-state index >= 15 is 0 Å². The molecule has 0 saturated carbocycles. The van der Waals surface area contributed by atoms with E-state index in [1.54, 1.807) is 0 Å². The van der Waals surface area contributed by atoms with Gasteiger partial charge in [0.2, 0.25) is 0 Å². The number of carbonyl (C=O) groups excluding carboxylic acids is 1. The second kappa shape index (κ2) is 8.17. The summed E-state index contributed by atoms with van der Waals surface area (Å²) in [6, 6.07) is 3.81. The maximum Gasteiger partial charge on any atom is 0.410 e. The van der Waals surface area contributed by atoms with Gasteiger partial charge < -0.3 is 14.5 Å². The van der Waals surface area contributed by atoms with E-state index in [0.717, 1.165) is 44.6 Å². The average molecular weight is 354 g/mol. The number of likely N-dealkylation sites (tertiary alicyclic amines) is 1. The second-order valence-corrected chi connectivity index (χ2v) is 8.01. The first kappa shape index (κ1) is 19.0. The quantitative estimate of drug-likeness (QED) is 0.772. The Morgan fingerprint density at radius 3 is 2.83 bits per heavy atom. The molecule has 5 nitrogen and oxygen atoms in total. The summed E-state index contributed by atoms with van der Waals surface area (Å²) >= 11 is 5.82.